The van der Waals surface area contributed by atoms with Crippen molar-refractivity contribution in [1.29, 1.82) is 0 Å². The number of nitrogens with one attached hydrogen (secondary N) is 1. The van der Waals surface area contributed by atoms with Gasteiger partial charge in [0, 0.05) is 23.8 Å². The van der Waals surface area contributed by atoms with Crippen LogP contribution in [0.4, 0.5) is 5.69 Å². The van der Waals surface area contributed by atoms with Crippen molar-refractivity contribution in [3.05, 3.63) is 23.3 Å². The molecule has 106 valence electrons. The number of thiophene rings is 1. The van der Waals surface area contributed by atoms with Crippen LogP contribution >= 0.6 is 11.3 Å². The quantitative estimate of drug-likeness (QED) is 0.892. The van der Waals surface area contributed by atoms with Gasteiger partial charge in [0.25, 0.3) is 5.91 Å². The summed E-state index contributed by atoms with van der Waals surface area (Å²) in [5.74, 6) is 0.654. The van der Waals surface area contributed by atoms with E-state index in [1.165, 1.54) is 24.2 Å². The standard InChI is InChI=1S/C15H19N3OS/c1-9-3-2-4-10(7-9)18-15(19)14-13(16)11-5-6-17-8-12(11)20-14/h5-6,8-10H,2-4,7,16H2,1H3,(H,18,19). The Balaban J connectivity index is 1.80. The Bertz CT molecular complexity index is 637. The minimum Gasteiger partial charge on any atom is -0.397 e. The van der Waals surface area contributed by atoms with Gasteiger partial charge in [0.05, 0.1) is 10.4 Å². The lowest BCUT2D eigenvalue weighted by Crippen LogP contribution is -2.37. The first-order chi connectivity index (χ1) is 9.65. The number of fused-ring (bicyclic) bond motifs is 1. The largest absolute Gasteiger partial charge is 0.397 e. The van der Waals surface area contributed by atoms with Crippen LogP contribution in [0.25, 0.3) is 10.1 Å². The molecule has 2 aromatic rings. The zero-order valence-electron chi connectivity index (χ0n) is 11.6. The summed E-state index contributed by atoms with van der Waals surface area (Å²) in [4.78, 5) is 17.1. The number of amides is 1. The van der Waals surface area contributed by atoms with Crippen molar-refractivity contribution in [1.82, 2.24) is 10.3 Å². The molecule has 2 aromatic heterocycles. The Morgan fingerprint density at radius 3 is 3.10 bits per heavy atom. The zero-order valence-corrected chi connectivity index (χ0v) is 12.4. The first kappa shape index (κ1) is 13.4. The maximum absolute atomic E-state index is 12.4. The molecule has 0 spiro atoms. The molecular weight excluding hydrogens is 270 g/mol. The van der Waals surface area contributed by atoms with Crippen molar-refractivity contribution in [3.63, 3.8) is 0 Å². The number of anilines is 1. The summed E-state index contributed by atoms with van der Waals surface area (Å²) in [7, 11) is 0. The number of carbonyl (C=O) groups is 1. The number of pyridine rings is 1. The zero-order chi connectivity index (χ0) is 14.1. The van der Waals surface area contributed by atoms with Crippen LogP contribution in [0.5, 0.6) is 0 Å². The molecule has 3 rings (SSSR count). The van der Waals surface area contributed by atoms with Gasteiger partial charge in [0.1, 0.15) is 4.88 Å². The minimum atomic E-state index is -0.0391. The normalized spacial score (nSPS) is 22.9. The molecule has 4 nitrogen and oxygen atoms in total. The SMILES string of the molecule is CC1CCCC(NC(=O)c2sc3cnccc3c2N)C1. The van der Waals surface area contributed by atoms with Gasteiger partial charge in [0.2, 0.25) is 0 Å². The van der Waals surface area contributed by atoms with Gasteiger partial charge in [-0.1, -0.05) is 19.8 Å². The van der Waals surface area contributed by atoms with Crippen LogP contribution in [0.1, 0.15) is 42.3 Å². The average Bonchev–Trinajstić information content (AvgIpc) is 2.77. The topological polar surface area (TPSA) is 68.0 Å². The molecule has 0 saturated heterocycles. The van der Waals surface area contributed by atoms with Gasteiger partial charge in [-0.05, 0) is 24.8 Å². The van der Waals surface area contributed by atoms with E-state index < -0.39 is 0 Å². The van der Waals surface area contributed by atoms with Crippen LogP contribution in [-0.2, 0) is 0 Å². The lowest BCUT2D eigenvalue weighted by atomic mass is 9.87. The van der Waals surface area contributed by atoms with Crippen molar-refractivity contribution in [2.45, 2.75) is 38.6 Å². The number of nitrogen functional groups attached to an aromatic ring is 1. The molecule has 5 heteroatoms. The third-order valence-electron chi connectivity index (χ3n) is 4.01. The van der Waals surface area contributed by atoms with Crippen molar-refractivity contribution in [2.75, 3.05) is 5.73 Å². The average molecular weight is 289 g/mol. The molecule has 2 unspecified atom stereocenters. The van der Waals surface area contributed by atoms with E-state index in [0.29, 0.717) is 16.5 Å². The molecule has 2 atom stereocenters. The minimum absolute atomic E-state index is 0.0391. The second-order valence-electron chi connectivity index (χ2n) is 5.66. The van der Waals surface area contributed by atoms with Gasteiger partial charge >= 0.3 is 0 Å². The first-order valence-corrected chi connectivity index (χ1v) is 7.89. The molecule has 2 heterocycles. The number of rotatable bonds is 2. The highest BCUT2D eigenvalue weighted by molar-refractivity contribution is 7.21. The highest BCUT2D eigenvalue weighted by atomic mass is 32.1. The van der Waals surface area contributed by atoms with E-state index in [-0.39, 0.29) is 11.9 Å². The van der Waals surface area contributed by atoms with Gasteiger partial charge in [-0.15, -0.1) is 11.3 Å². The predicted octanol–water partition coefficient (Wildman–Crippen LogP) is 3.19. The van der Waals surface area contributed by atoms with Crippen LogP contribution < -0.4 is 11.1 Å². The summed E-state index contributed by atoms with van der Waals surface area (Å²) in [6.45, 7) is 2.25. The molecule has 3 N–H and O–H groups in total. The van der Waals surface area contributed by atoms with Gasteiger partial charge < -0.3 is 11.1 Å². The van der Waals surface area contributed by atoms with E-state index >= 15 is 0 Å². The van der Waals surface area contributed by atoms with Crippen LogP contribution in [0.3, 0.4) is 0 Å². The van der Waals surface area contributed by atoms with Crippen LogP contribution in [0, 0.1) is 5.92 Å². The number of aromatic nitrogens is 1. The van der Waals surface area contributed by atoms with Crippen LogP contribution in [0.15, 0.2) is 18.5 Å². The van der Waals surface area contributed by atoms with Crippen molar-refractivity contribution >= 4 is 33.0 Å². The Kier molecular flexibility index (Phi) is 3.61. The molecule has 0 bridgehead atoms. The number of carbonyl (C=O) groups excluding carboxylic acids is 1. The predicted molar refractivity (Wildman–Crippen MR) is 82.9 cm³/mol. The third kappa shape index (κ3) is 2.50. The fourth-order valence-corrected chi connectivity index (χ4v) is 3.95. The summed E-state index contributed by atoms with van der Waals surface area (Å²) >= 11 is 1.42. The van der Waals surface area contributed by atoms with Crippen molar-refractivity contribution in [2.24, 2.45) is 5.92 Å². The van der Waals surface area contributed by atoms with E-state index in [4.69, 9.17) is 5.73 Å². The summed E-state index contributed by atoms with van der Waals surface area (Å²) < 4.78 is 0.965. The highest BCUT2D eigenvalue weighted by Gasteiger charge is 2.23. The second kappa shape index (κ2) is 5.40. The summed E-state index contributed by atoms with van der Waals surface area (Å²) in [6.07, 6.45) is 8.06. The number of nitrogens with zero attached hydrogens (tertiary/aromatic N) is 1. The molecule has 20 heavy (non-hydrogen) atoms. The number of hydrogen-bond acceptors (Lipinski definition) is 4. The van der Waals surface area contributed by atoms with Crippen molar-refractivity contribution < 1.29 is 4.79 Å². The highest BCUT2D eigenvalue weighted by Crippen LogP contribution is 2.33. The fourth-order valence-electron chi connectivity index (χ4n) is 2.96. The summed E-state index contributed by atoms with van der Waals surface area (Å²) in [5, 5.41) is 4.06. The summed E-state index contributed by atoms with van der Waals surface area (Å²) in [5.41, 5.74) is 6.67. The van der Waals surface area contributed by atoms with Crippen LogP contribution in [-0.4, -0.2) is 16.9 Å². The molecular formula is C15H19N3OS. The number of hydrogen-bond donors (Lipinski definition) is 2. The Labute approximate surface area is 122 Å². The molecule has 0 radical (unpaired) electrons. The molecule has 0 aliphatic heterocycles. The number of nitrogens with two attached hydrogens (primary N) is 1. The molecule has 1 saturated carbocycles. The first-order valence-electron chi connectivity index (χ1n) is 7.08. The maximum atomic E-state index is 12.4. The maximum Gasteiger partial charge on any atom is 0.263 e. The van der Waals surface area contributed by atoms with E-state index in [0.717, 1.165) is 22.9 Å². The smallest absolute Gasteiger partial charge is 0.263 e. The molecule has 1 fully saturated rings. The van der Waals surface area contributed by atoms with Crippen molar-refractivity contribution in [3.8, 4) is 0 Å². The lowest BCUT2D eigenvalue weighted by Gasteiger charge is -2.27. The monoisotopic (exact) mass is 289 g/mol. The Morgan fingerprint density at radius 1 is 1.50 bits per heavy atom. The molecule has 0 aromatic carbocycles. The second-order valence-corrected chi connectivity index (χ2v) is 6.71. The fraction of sp³-hybridized carbons (Fsp3) is 0.467. The van der Waals surface area contributed by atoms with Gasteiger partial charge in [-0.25, -0.2) is 0 Å². The summed E-state index contributed by atoms with van der Waals surface area (Å²) in [6, 6.07) is 2.15. The van der Waals surface area contributed by atoms with E-state index in [2.05, 4.69) is 17.2 Å². The third-order valence-corrected chi connectivity index (χ3v) is 5.16. The van der Waals surface area contributed by atoms with Gasteiger partial charge in [-0.2, -0.15) is 0 Å². The van der Waals surface area contributed by atoms with Gasteiger partial charge in [0.15, 0.2) is 0 Å². The Hall–Kier alpha value is -1.62. The van der Waals surface area contributed by atoms with E-state index in [9.17, 15) is 4.79 Å². The van der Waals surface area contributed by atoms with Crippen LogP contribution in [0.2, 0.25) is 0 Å². The molecule has 1 aliphatic rings. The molecule has 1 amide bonds. The van der Waals surface area contributed by atoms with E-state index in [1.54, 1.807) is 12.4 Å². The van der Waals surface area contributed by atoms with Gasteiger partial charge in [-0.3, -0.25) is 9.78 Å². The van der Waals surface area contributed by atoms with E-state index in [1.807, 2.05) is 6.07 Å². The Morgan fingerprint density at radius 2 is 2.35 bits per heavy atom. The molecule has 1 aliphatic carbocycles. The lowest BCUT2D eigenvalue weighted by molar-refractivity contribution is 0.0926.